The lowest BCUT2D eigenvalue weighted by Crippen LogP contribution is -2.38. The van der Waals surface area contributed by atoms with Gasteiger partial charge in [0.05, 0.1) is 13.7 Å². The number of benzene rings is 2. The Morgan fingerprint density at radius 1 is 1.06 bits per heavy atom. The van der Waals surface area contributed by atoms with Crippen molar-refractivity contribution in [1.29, 1.82) is 0 Å². The van der Waals surface area contributed by atoms with Crippen LogP contribution in [0.15, 0.2) is 53.3 Å². The lowest BCUT2D eigenvalue weighted by molar-refractivity contribution is 0.202. The molecule has 7 nitrogen and oxygen atoms in total. The molecule has 0 fully saturated rings. The fourth-order valence-corrected chi connectivity index (χ4v) is 3.82. The molecule has 0 spiro atoms. The highest BCUT2D eigenvalue weighted by molar-refractivity contribution is 6.30. The van der Waals surface area contributed by atoms with E-state index in [0.717, 1.165) is 37.0 Å². The number of carbonyl (C=O) groups excluding carboxylic acids is 1. The summed E-state index contributed by atoms with van der Waals surface area (Å²) in [5.74, 6) is 0.706. The van der Waals surface area contributed by atoms with Crippen LogP contribution in [0, 0.1) is 0 Å². The second-order valence-corrected chi connectivity index (χ2v) is 8.25. The van der Waals surface area contributed by atoms with Gasteiger partial charge in [0.25, 0.3) is 5.56 Å². The van der Waals surface area contributed by atoms with Crippen LogP contribution in [0.4, 0.5) is 10.5 Å². The minimum Gasteiger partial charge on any atom is -0.497 e. The highest BCUT2D eigenvalue weighted by Crippen LogP contribution is 2.20. The Morgan fingerprint density at radius 2 is 1.79 bits per heavy atom. The highest BCUT2D eigenvalue weighted by Gasteiger charge is 2.17. The number of halogens is 1. The number of anilines is 1. The fraction of sp³-hybridized carbons (Fsp3) is 0.360. The molecule has 0 aliphatic carbocycles. The van der Waals surface area contributed by atoms with E-state index in [4.69, 9.17) is 16.3 Å². The molecule has 176 valence electrons. The number of fused-ring (bicyclic) bond motifs is 1. The van der Waals surface area contributed by atoms with Gasteiger partial charge >= 0.3 is 6.03 Å². The summed E-state index contributed by atoms with van der Waals surface area (Å²) in [4.78, 5) is 32.8. The number of H-pyrrole nitrogens is 1. The number of amides is 2. The molecule has 2 N–H and O–H groups in total. The van der Waals surface area contributed by atoms with Gasteiger partial charge in [0.2, 0.25) is 0 Å². The van der Waals surface area contributed by atoms with Gasteiger partial charge in [0, 0.05) is 33.7 Å². The second kappa shape index (κ2) is 11.7. The predicted octanol–water partition coefficient (Wildman–Crippen LogP) is 4.96. The smallest absolute Gasteiger partial charge is 0.322 e. The van der Waals surface area contributed by atoms with Crippen molar-refractivity contribution < 1.29 is 9.53 Å². The maximum absolute atomic E-state index is 13.1. The summed E-state index contributed by atoms with van der Waals surface area (Å²) in [5.41, 5.74) is 1.68. The van der Waals surface area contributed by atoms with Crippen molar-refractivity contribution in [3.05, 3.63) is 69.5 Å². The fourth-order valence-electron chi connectivity index (χ4n) is 3.69. The van der Waals surface area contributed by atoms with E-state index in [1.165, 1.54) is 0 Å². The molecular weight excluding hydrogens is 440 g/mol. The van der Waals surface area contributed by atoms with Gasteiger partial charge in [0.1, 0.15) is 5.75 Å². The Bertz CT molecular complexity index is 1130. The Balaban J connectivity index is 1.82. The number of nitrogens with one attached hydrogen (secondary N) is 2. The number of urea groups is 1. The Hall–Kier alpha value is -3.03. The summed E-state index contributed by atoms with van der Waals surface area (Å²) in [6.07, 6.45) is 0.801. The first-order valence-electron chi connectivity index (χ1n) is 11.2. The van der Waals surface area contributed by atoms with Gasteiger partial charge in [-0.25, -0.2) is 4.79 Å². The SMILES string of the molecule is CCN(CC)CCCN(Cc1cc2cc(OC)ccc2[nH]c1=O)C(=O)Nc1ccc(Cl)cc1. The summed E-state index contributed by atoms with van der Waals surface area (Å²) in [7, 11) is 1.60. The lowest BCUT2D eigenvalue weighted by Gasteiger charge is -2.25. The van der Waals surface area contributed by atoms with Crippen LogP contribution in [0.2, 0.25) is 5.02 Å². The molecule has 2 amide bonds. The number of ether oxygens (including phenoxy) is 1. The van der Waals surface area contributed by atoms with Gasteiger partial charge in [-0.2, -0.15) is 0 Å². The maximum atomic E-state index is 13.1. The van der Waals surface area contributed by atoms with Crippen molar-refractivity contribution in [1.82, 2.24) is 14.8 Å². The third-order valence-corrected chi connectivity index (χ3v) is 5.92. The van der Waals surface area contributed by atoms with Gasteiger partial charge in [-0.1, -0.05) is 25.4 Å². The number of rotatable bonds is 10. The molecule has 1 aromatic heterocycles. The molecule has 3 aromatic rings. The van der Waals surface area contributed by atoms with E-state index in [1.807, 2.05) is 18.2 Å². The minimum atomic E-state index is -0.262. The summed E-state index contributed by atoms with van der Waals surface area (Å²) in [5, 5.41) is 4.36. The molecule has 8 heteroatoms. The topological polar surface area (TPSA) is 77.7 Å². The molecular formula is C25H31ClN4O3. The normalized spacial score (nSPS) is 11.1. The number of aromatic amines is 1. The zero-order valence-corrected chi connectivity index (χ0v) is 20.1. The van der Waals surface area contributed by atoms with Gasteiger partial charge < -0.3 is 24.8 Å². The molecule has 1 heterocycles. The highest BCUT2D eigenvalue weighted by atomic mass is 35.5. The zero-order chi connectivity index (χ0) is 23.8. The van der Waals surface area contributed by atoms with Crippen LogP contribution in [0.25, 0.3) is 10.9 Å². The van der Waals surface area contributed by atoms with Gasteiger partial charge in [-0.05, 0) is 74.6 Å². The van der Waals surface area contributed by atoms with E-state index >= 15 is 0 Å². The van der Waals surface area contributed by atoms with Crippen LogP contribution in [-0.2, 0) is 6.54 Å². The molecule has 33 heavy (non-hydrogen) atoms. The van der Waals surface area contributed by atoms with Gasteiger partial charge in [0.15, 0.2) is 0 Å². The van der Waals surface area contributed by atoms with Crippen LogP contribution >= 0.6 is 11.6 Å². The Morgan fingerprint density at radius 3 is 2.45 bits per heavy atom. The van der Waals surface area contributed by atoms with Crippen molar-refractivity contribution in [3.8, 4) is 5.75 Å². The van der Waals surface area contributed by atoms with Crippen molar-refractivity contribution in [2.45, 2.75) is 26.8 Å². The van der Waals surface area contributed by atoms with E-state index in [1.54, 1.807) is 42.3 Å². The predicted molar refractivity (Wildman–Crippen MR) is 134 cm³/mol. The Labute approximate surface area is 199 Å². The largest absolute Gasteiger partial charge is 0.497 e. The number of hydrogen-bond donors (Lipinski definition) is 2. The summed E-state index contributed by atoms with van der Waals surface area (Å²) >= 11 is 5.96. The average Bonchev–Trinajstić information content (AvgIpc) is 2.82. The Kier molecular flexibility index (Phi) is 8.74. The molecule has 0 radical (unpaired) electrons. The summed E-state index contributed by atoms with van der Waals surface area (Å²) in [6.45, 7) is 7.75. The van der Waals surface area contributed by atoms with Crippen LogP contribution in [0.5, 0.6) is 5.75 Å². The first-order valence-corrected chi connectivity index (χ1v) is 11.5. The lowest BCUT2D eigenvalue weighted by atomic mass is 10.1. The molecule has 0 saturated carbocycles. The van der Waals surface area contributed by atoms with Gasteiger partial charge in [-0.3, -0.25) is 4.79 Å². The van der Waals surface area contributed by atoms with Crippen LogP contribution in [0.3, 0.4) is 0 Å². The summed E-state index contributed by atoms with van der Waals surface area (Å²) in [6, 6.07) is 14.0. The molecule has 3 rings (SSSR count). The third kappa shape index (κ3) is 6.73. The average molecular weight is 471 g/mol. The van der Waals surface area contributed by atoms with Crippen LogP contribution in [-0.4, -0.2) is 54.1 Å². The molecule has 2 aromatic carbocycles. The first-order chi connectivity index (χ1) is 15.9. The number of hydrogen-bond acceptors (Lipinski definition) is 4. The van der Waals surface area contributed by atoms with E-state index in [0.29, 0.717) is 28.6 Å². The quantitative estimate of drug-likeness (QED) is 0.439. The molecule has 0 unspecified atom stereocenters. The molecule has 0 bridgehead atoms. The van der Waals surface area contributed by atoms with E-state index in [-0.39, 0.29) is 18.1 Å². The minimum absolute atomic E-state index is 0.195. The molecule has 0 aliphatic heterocycles. The van der Waals surface area contributed by atoms with E-state index < -0.39 is 0 Å². The van der Waals surface area contributed by atoms with E-state index in [2.05, 4.69) is 29.0 Å². The number of carbonyl (C=O) groups is 1. The third-order valence-electron chi connectivity index (χ3n) is 5.67. The molecule has 0 saturated heterocycles. The van der Waals surface area contributed by atoms with E-state index in [9.17, 15) is 9.59 Å². The number of aromatic nitrogens is 1. The number of nitrogens with zero attached hydrogens (tertiary/aromatic N) is 2. The number of methoxy groups -OCH3 is 1. The van der Waals surface area contributed by atoms with Crippen molar-refractivity contribution >= 4 is 34.2 Å². The van der Waals surface area contributed by atoms with Crippen molar-refractivity contribution in [3.63, 3.8) is 0 Å². The molecule has 0 aliphatic rings. The standard InChI is InChI=1S/C25H31ClN4O3/c1-4-29(5-2)13-6-14-30(25(32)27-21-9-7-20(26)8-10-21)17-19-15-18-16-22(33-3)11-12-23(18)28-24(19)31/h7-12,15-16H,4-6,13-14,17H2,1-3H3,(H,27,32)(H,28,31). The monoisotopic (exact) mass is 470 g/mol. The van der Waals surface area contributed by atoms with Gasteiger partial charge in [-0.15, -0.1) is 0 Å². The van der Waals surface area contributed by atoms with Crippen LogP contribution < -0.4 is 15.6 Å². The summed E-state index contributed by atoms with van der Waals surface area (Å²) < 4.78 is 5.30. The first kappa shape index (κ1) is 24.6. The maximum Gasteiger partial charge on any atom is 0.322 e. The van der Waals surface area contributed by atoms with Crippen molar-refractivity contribution in [2.24, 2.45) is 0 Å². The zero-order valence-electron chi connectivity index (χ0n) is 19.4. The van der Waals surface area contributed by atoms with Crippen LogP contribution in [0.1, 0.15) is 25.8 Å². The van der Waals surface area contributed by atoms with Crippen molar-refractivity contribution in [2.75, 3.05) is 38.6 Å². The molecule has 0 atom stereocenters. The number of pyridine rings is 1. The second-order valence-electron chi connectivity index (χ2n) is 7.82.